The zero-order chi connectivity index (χ0) is 22.5. The van der Waals surface area contributed by atoms with E-state index in [1.807, 2.05) is 31.2 Å². The molecule has 7 heteroatoms. The fraction of sp³-hybridized carbons (Fsp3) is 0.400. The average Bonchev–Trinajstić information content (AvgIpc) is 3.47. The van der Waals surface area contributed by atoms with Gasteiger partial charge in [0.25, 0.3) is 0 Å². The summed E-state index contributed by atoms with van der Waals surface area (Å²) in [5.41, 5.74) is 2.74. The highest BCUT2D eigenvalue weighted by atomic mass is 16.5. The van der Waals surface area contributed by atoms with Gasteiger partial charge in [0.15, 0.2) is 0 Å². The van der Waals surface area contributed by atoms with E-state index < -0.39 is 23.0 Å². The van der Waals surface area contributed by atoms with Crippen LogP contribution < -0.4 is 5.32 Å². The Kier molecular flexibility index (Phi) is 4.73. The maximum Gasteiger partial charge on any atom is 0.408 e. The molecular formula is C25H26N2O5. The first-order valence-electron chi connectivity index (χ1n) is 11.1. The zero-order valence-electron chi connectivity index (χ0n) is 18.0. The highest BCUT2D eigenvalue weighted by Crippen LogP contribution is 2.45. The molecule has 5 rings (SSSR count). The highest BCUT2D eigenvalue weighted by Gasteiger charge is 2.59. The SMILES string of the molecule is CCC1(C(=O)O)CN(C(=O)C2(NC(=O)OCC3c4ccccc4-c4ccccc43)CC2)C1. The Balaban J connectivity index is 1.22. The standard InChI is InChI=1S/C25H26N2O5/c1-2-24(22(29)30)14-27(15-24)21(28)25(11-12-25)26-23(31)32-13-20-18-9-5-3-7-16(18)17-8-4-6-10-19(17)20/h3-10,20H,2,11-15H2,1H3,(H,26,31)(H,29,30). The number of carboxylic acids is 1. The van der Waals surface area contributed by atoms with Crippen LogP contribution in [0, 0.1) is 5.41 Å². The van der Waals surface area contributed by atoms with Gasteiger partial charge in [-0.2, -0.15) is 0 Å². The van der Waals surface area contributed by atoms with Crippen molar-refractivity contribution >= 4 is 18.0 Å². The van der Waals surface area contributed by atoms with Gasteiger partial charge in [-0.1, -0.05) is 55.5 Å². The Morgan fingerprint density at radius 2 is 1.59 bits per heavy atom. The first-order valence-corrected chi connectivity index (χ1v) is 11.1. The van der Waals surface area contributed by atoms with Gasteiger partial charge in [-0.25, -0.2) is 4.79 Å². The summed E-state index contributed by atoms with van der Waals surface area (Å²) in [6.45, 7) is 2.38. The van der Waals surface area contributed by atoms with E-state index in [9.17, 15) is 19.5 Å². The van der Waals surface area contributed by atoms with Crippen LogP contribution in [0.15, 0.2) is 48.5 Å². The first-order chi connectivity index (χ1) is 15.4. The molecular weight excluding hydrogens is 408 g/mol. The molecule has 2 aliphatic carbocycles. The number of likely N-dealkylation sites (tertiary alicyclic amines) is 1. The Morgan fingerprint density at radius 1 is 1.03 bits per heavy atom. The molecule has 1 saturated carbocycles. The van der Waals surface area contributed by atoms with Crippen LogP contribution in [0.3, 0.4) is 0 Å². The minimum Gasteiger partial charge on any atom is -0.481 e. The molecule has 0 aromatic heterocycles. The van der Waals surface area contributed by atoms with Crippen molar-refractivity contribution in [3.63, 3.8) is 0 Å². The Labute approximate surface area is 186 Å². The van der Waals surface area contributed by atoms with Crippen LogP contribution in [-0.4, -0.2) is 53.2 Å². The number of amides is 2. The van der Waals surface area contributed by atoms with Gasteiger partial charge in [0.05, 0.1) is 0 Å². The van der Waals surface area contributed by atoms with E-state index in [1.165, 1.54) is 4.90 Å². The number of hydrogen-bond acceptors (Lipinski definition) is 4. The molecule has 1 heterocycles. The van der Waals surface area contributed by atoms with Crippen molar-refractivity contribution < 1.29 is 24.2 Å². The lowest BCUT2D eigenvalue weighted by Crippen LogP contribution is -2.65. The van der Waals surface area contributed by atoms with Gasteiger partial charge in [-0.15, -0.1) is 0 Å². The maximum atomic E-state index is 12.9. The number of benzene rings is 2. The molecule has 2 aromatic carbocycles. The third-order valence-corrected chi connectivity index (χ3v) is 7.25. The molecule has 1 aliphatic heterocycles. The van der Waals surface area contributed by atoms with E-state index in [4.69, 9.17) is 4.74 Å². The van der Waals surface area contributed by atoms with Crippen LogP contribution in [0.1, 0.15) is 43.2 Å². The monoisotopic (exact) mass is 434 g/mol. The topological polar surface area (TPSA) is 95.9 Å². The van der Waals surface area contributed by atoms with Gasteiger partial charge < -0.3 is 20.1 Å². The molecule has 7 nitrogen and oxygen atoms in total. The third-order valence-electron chi connectivity index (χ3n) is 7.25. The smallest absolute Gasteiger partial charge is 0.408 e. The number of carbonyl (C=O) groups is 3. The van der Waals surface area contributed by atoms with E-state index in [0.717, 1.165) is 22.3 Å². The second kappa shape index (κ2) is 7.36. The van der Waals surface area contributed by atoms with Crippen molar-refractivity contribution in [3.8, 4) is 11.1 Å². The van der Waals surface area contributed by atoms with Crippen molar-refractivity contribution in [2.24, 2.45) is 5.41 Å². The summed E-state index contributed by atoms with van der Waals surface area (Å²) in [5.74, 6) is -1.13. The number of carbonyl (C=O) groups excluding carboxylic acids is 2. The number of carboxylic acid groups (broad SMARTS) is 1. The number of aliphatic carboxylic acids is 1. The van der Waals surface area contributed by atoms with Crippen molar-refractivity contribution in [2.45, 2.75) is 37.6 Å². The molecule has 166 valence electrons. The predicted molar refractivity (Wildman–Crippen MR) is 117 cm³/mol. The summed E-state index contributed by atoms with van der Waals surface area (Å²) < 4.78 is 5.58. The number of rotatable bonds is 6. The van der Waals surface area contributed by atoms with E-state index >= 15 is 0 Å². The number of fused-ring (bicyclic) bond motifs is 3. The van der Waals surface area contributed by atoms with Crippen LogP contribution in [0.25, 0.3) is 11.1 Å². The van der Waals surface area contributed by atoms with Gasteiger partial charge in [0.2, 0.25) is 5.91 Å². The Hall–Kier alpha value is -3.35. The number of nitrogens with zero attached hydrogens (tertiary/aromatic N) is 1. The van der Waals surface area contributed by atoms with Crippen molar-refractivity contribution in [1.29, 1.82) is 0 Å². The maximum absolute atomic E-state index is 12.9. The van der Waals surface area contributed by atoms with Gasteiger partial charge in [-0.05, 0) is 41.5 Å². The summed E-state index contributed by atoms with van der Waals surface area (Å²) in [6.07, 6.45) is 0.939. The van der Waals surface area contributed by atoms with Crippen LogP contribution in [0.5, 0.6) is 0 Å². The molecule has 3 aliphatic rings. The van der Waals surface area contributed by atoms with Gasteiger partial charge in [0.1, 0.15) is 17.6 Å². The van der Waals surface area contributed by atoms with E-state index in [2.05, 4.69) is 29.6 Å². The summed E-state index contributed by atoms with van der Waals surface area (Å²) in [5, 5.41) is 12.2. The third kappa shape index (κ3) is 3.15. The lowest BCUT2D eigenvalue weighted by atomic mass is 9.77. The molecule has 0 atom stereocenters. The van der Waals surface area contributed by atoms with Crippen LogP contribution in [0.2, 0.25) is 0 Å². The van der Waals surface area contributed by atoms with E-state index in [0.29, 0.717) is 19.3 Å². The van der Waals surface area contributed by atoms with Gasteiger partial charge in [-0.3, -0.25) is 9.59 Å². The number of ether oxygens (including phenoxy) is 1. The lowest BCUT2D eigenvalue weighted by Gasteiger charge is -2.47. The molecule has 32 heavy (non-hydrogen) atoms. The second-order valence-corrected chi connectivity index (χ2v) is 9.13. The van der Waals surface area contributed by atoms with Gasteiger partial charge in [0, 0.05) is 19.0 Å². The van der Waals surface area contributed by atoms with Crippen LogP contribution >= 0.6 is 0 Å². The first kappa shape index (κ1) is 20.5. The molecule has 2 fully saturated rings. The summed E-state index contributed by atoms with van der Waals surface area (Å²) in [4.78, 5) is 38.6. The quantitative estimate of drug-likeness (QED) is 0.727. The number of alkyl carbamates (subject to hydrolysis) is 1. The molecule has 2 amide bonds. The average molecular weight is 434 g/mol. The molecule has 0 spiro atoms. The predicted octanol–water partition coefficient (Wildman–Crippen LogP) is 3.38. The molecule has 1 saturated heterocycles. The van der Waals surface area contributed by atoms with E-state index in [-0.39, 0.29) is 31.5 Å². The number of hydrogen-bond donors (Lipinski definition) is 2. The fourth-order valence-corrected chi connectivity index (χ4v) is 4.99. The normalized spacial score (nSPS) is 19.3. The van der Waals surface area contributed by atoms with E-state index in [1.54, 1.807) is 0 Å². The lowest BCUT2D eigenvalue weighted by molar-refractivity contribution is -0.167. The van der Waals surface area contributed by atoms with Crippen molar-refractivity contribution in [2.75, 3.05) is 19.7 Å². The summed E-state index contributed by atoms with van der Waals surface area (Å²) >= 11 is 0. The molecule has 0 radical (unpaired) electrons. The van der Waals surface area contributed by atoms with Crippen molar-refractivity contribution in [1.82, 2.24) is 10.2 Å². The number of nitrogens with one attached hydrogen (secondary N) is 1. The van der Waals surface area contributed by atoms with Crippen molar-refractivity contribution in [3.05, 3.63) is 59.7 Å². The van der Waals surface area contributed by atoms with Gasteiger partial charge >= 0.3 is 12.1 Å². The Morgan fingerprint density at radius 3 is 2.09 bits per heavy atom. The second-order valence-electron chi connectivity index (χ2n) is 9.13. The Bertz CT molecular complexity index is 1060. The molecule has 0 unspecified atom stereocenters. The molecule has 2 N–H and O–H groups in total. The molecule has 0 bridgehead atoms. The minimum absolute atomic E-state index is 0.0462. The minimum atomic E-state index is -0.957. The fourth-order valence-electron chi connectivity index (χ4n) is 4.99. The summed E-state index contributed by atoms with van der Waals surface area (Å²) in [6, 6.07) is 16.2. The molecule has 2 aromatic rings. The van der Waals surface area contributed by atoms with Crippen LogP contribution in [-0.2, 0) is 14.3 Å². The highest BCUT2D eigenvalue weighted by molar-refractivity contribution is 5.94. The zero-order valence-corrected chi connectivity index (χ0v) is 18.0. The summed E-state index contributed by atoms with van der Waals surface area (Å²) in [7, 11) is 0. The largest absolute Gasteiger partial charge is 0.481 e. The van der Waals surface area contributed by atoms with Crippen LogP contribution in [0.4, 0.5) is 4.79 Å².